The Balaban J connectivity index is 1.63. The Bertz CT molecular complexity index is 678. The first kappa shape index (κ1) is 14.9. The van der Waals surface area contributed by atoms with Crippen LogP contribution < -0.4 is 10.1 Å². The van der Waals surface area contributed by atoms with Crippen molar-refractivity contribution in [1.82, 2.24) is 5.32 Å². The lowest BCUT2D eigenvalue weighted by Crippen LogP contribution is -2.26. The van der Waals surface area contributed by atoms with Crippen molar-refractivity contribution in [3.8, 4) is 5.75 Å². The molecule has 1 aliphatic rings. The first-order valence-electron chi connectivity index (χ1n) is 7.40. The van der Waals surface area contributed by atoms with Crippen LogP contribution in [-0.2, 0) is 6.61 Å². The fourth-order valence-electron chi connectivity index (χ4n) is 2.22. The summed E-state index contributed by atoms with van der Waals surface area (Å²) in [5, 5.41) is 3.71. The van der Waals surface area contributed by atoms with E-state index in [-0.39, 0.29) is 5.91 Å². The first-order valence-corrected chi connectivity index (χ1v) is 7.78. The topological polar surface area (TPSA) is 38.3 Å². The van der Waals surface area contributed by atoms with Gasteiger partial charge in [0.15, 0.2) is 0 Å². The van der Waals surface area contributed by atoms with Crippen LogP contribution in [0.1, 0.15) is 34.3 Å². The molecule has 0 aliphatic heterocycles. The third-order valence-corrected chi connectivity index (χ3v) is 3.93. The SMILES string of the molecule is Cc1cc(OCc2ccc(Cl)cc2)ccc1C(=O)NC1CC1. The number of halogens is 1. The molecule has 0 unspecified atom stereocenters. The summed E-state index contributed by atoms with van der Waals surface area (Å²) in [5.41, 5.74) is 2.69. The number of ether oxygens (including phenoxy) is 1. The van der Waals surface area contributed by atoms with Crippen molar-refractivity contribution in [1.29, 1.82) is 0 Å². The van der Waals surface area contributed by atoms with E-state index < -0.39 is 0 Å². The predicted octanol–water partition coefficient (Wildman–Crippen LogP) is 4.12. The highest BCUT2D eigenvalue weighted by atomic mass is 35.5. The Morgan fingerprint density at radius 2 is 1.95 bits per heavy atom. The number of amides is 1. The highest BCUT2D eigenvalue weighted by Gasteiger charge is 2.24. The molecular formula is C18H18ClNO2. The molecule has 0 aromatic heterocycles. The number of carbonyl (C=O) groups excluding carboxylic acids is 1. The van der Waals surface area contributed by atoms with Gasteiger partial charge in [-0.15, -0.1) is 0 Å². The van der Waals surface area contributed by atoms with Crippen molar-refractivity contribution < 1.29 is 9.53 Å². The lowest BCUT2D eigenvalue weighted by atomic mass is 10.1. The number of rotatable bonds is 5. The molecule has 4 heteroatoms. The molecule has 1 N–H and O–H groups in total. The van der Waals surface area contributed by atoms with Gasteiger partial charge < -0.3 is 10.1 Å². The molecule has 1 amide bonds. The summed E-state index contributed by atoms with van der Waals surface area (Å²) in [7, 11) is 0. The first-order chi connectivity index (χ1) is 10.6. The minimum absolute atomic E-state index is 0.00394. The monoisotopic (exact) mass is 315 g/mol. The van der Waals surface area contributed by atoms with Gasteiger partial charge in [-0.05, 0) is 61.2 Å². The van der Waals surface area contributed by atoms with Crippen molar-refractivity contribution in [2.75, 3.05) is 0 Å². The smallest absolute Gasteiger partial charge is 0.251 e. The number of carbonyl (C=O) groups is 1. The molecule has 0 saturated heterocycles. The Morgan fingerprint density at radius 3 is 2.59 bits per heavy atom. The minimum atomic E-state index is 0.00394. The van der Waals surface area contributed by atoms with Crippen molar-refractivity contribution in [3.05, 3.63) is 64.2 Å². The maximum atomic E-state index is 12.1. The Hall–Kier alpha value is -2.00. The number of aryl methyl sites for hydroxylation is 1. The third-order valence-electron chi connectivity index (χ3n) is 3.67. The van der Waals surface area contributed by atoms with Gasteiger partial charge in [-0.3, -0.25) is 4.79 Å². The van der Waals surface area contributed by atoms with Crippen molar-refractivity contribution in [3.63, 3.8) is 0 Å². The second-order valence-corrected chi connectivity index (χ2v) is 6.08. The molecule has 22 heavy (non-hydrogen) atoms. The van der Waals surface area contributed by atoms with Gasteiger partial charge in [0.05, 0.1) is 0 Å². The fourth-order valence-corrected chi connectivity index (χ4v) is 2.34. The lowest BCUT2D eigenvalue weighted by molar-refractivity contribution is 0.0950. The average Bonchev–Trinajstić information content (AvgIpc) is 3.30. The Kier molecular flexibility index (Phi) is 4.34. The van der Waals surface area contributed by atoms with E-state index in [4.69, 9.17) is 16.3 Å². The maximum absolute atomic E-state index is 12.1. The van der Waals surface area contributed by atoms with Gasteiger partial charge in [0, 0.05) is 16.6 Å². The molecule has 2 aromatic rings. The van der Waals surface area contributed by atoms with Crippen LogP contribution in [0.4, 0.5) is 0 Å². The molecule has 3 nitrogen and oxygen atoms in total. The van der Waals surface area contributed by atoms with E-state index >= 15 is 0 Å². The average molecular weight is 316 g/mol. The molecule has 3 rings (SSSR count). The number of hydrogen-bond acceptors (Lipinski definition) is 2. The van der Waals surface area contributed by atoms with Gasteiger partial charge >= 0.3 is 0 Å². The summed E-state index contributed by atoms with van der Waals surface area (Å²) in [6, 6.07) is 13.5. The molecular weight excluding hydrogens is 298 g/mol. The van der Waals surface area contributed by atoms with E-state index in [0.717, 1.165) is 29.7 Å². The van der Waals surface area contributed by atoms with Crippen LogP contribution in [0, 0.1) is 6.92 Å². The highest BCUT2D eigenvalue weighted by Crippen LogP contribution is 2.22. The van der Waals surface area contributed by atoms with Crippen LogP contribution in [0.2, 0.25) is 5.02 Å². The van der Waals surface area contributed by atoms with Gasteiger partial charge in [0.1, 0.15) is 12.4 Å². The van der Waals surface area contributed by atoms with E-state index in [9.17, 15) is 4.79 Å². The highest BCUT2D eigenvalue weighted by molar-refractivity contribution is 6.30. The molecule has 1 aliphatic carbocycles. The van der Waals surface area contributed by atoms with Crippen LogP contribution in [0.5, 0.6) is 5.75 Å². The molecule has 0 atom stereocenters. The summed E-state index contributed by atoms with van der Waals surface area (Å²) in [5.74, 6) is 0.764. The second kappa shape index (κ2) is 6.41. The second-order valence-electron chi connectivity index (χ2n) is 5.64. The zero-order valence-electron chi connectivity index (χ0n) is 12.4. The lowest BCUT2D eigenvalue weighted by Gasteiger charge is -2.10. The van der Waals surface area contributed by atoms with E-state index in [1.54, 1.807) is 0 Å². The zero-order chi connectivity index (χ0) is 15.5. The third kappa shape index (κ3) is 3.80. The van der Waals surface area contributed by atoms with E-state index in [1.807, 2.05) is 49.4 Å². The minimum Gasteiger partial charge on any atom is -0.489 e. The van der Waals surface area contributed by atoms with Crippen molar-refractivity contribution >= 4 is 17.5 Å². The Morgan fingerprint density at radius 1 is 1.23 bits per heavy atom. The quantitative estimate of drug-likeness (QED) is 0.901. The van der Waals surface area contributed by atoms with Crippen LogP contribution in [-0.4, -0.2) is 11.9 Å². The standard InChI is InChI=1S/C18H18ClNO2/c1-12-10-16(22-11-13-2-4-14(19)5-3-13)8-9-17(12)18(21)20-15-6-7-15/h2-5,8-10,15H,6-7,11H2,1H3,(H,20,21). The van der Waals surface area contributed by atoms with Gasteiger partial charge in [-0.1, -0.05) is 23.7 Å². The zero-order valence-corrected chi connectivity index (χ0v) is 13.2. The molecule has 1 fully saturated rings. The summed E-state index contributed by atoms with van der Waals surface area (Å²) >= 11 is 5.86. The molecule has 0 bridgehead atoms. The molecule has 114 valence electrons. The Labute approximate surface area is 135 Å². The molecule has 0 spiro atoms. The summed E-state index contributed by atoms with van der Waals surface area (Å²) < 4.78 is 5.77. The maximum Gasteiger partial charge on any atom is 0.251 e. The molecule has 0 radical (unpaired) electrons. The number of hydrogen-bond donors (Lipinski definition) is 1. The normalized spacial score (nSPS) is 13.7. The van der Waals surface area contributed by atoms with Crippen LogP contribution in [0.3, 0.4) is 0 Å². The van der Waals surface area contributed by atoms with Crippen LogP contribution in [0.25, 0.3) is 0 Å². The van der Waals surface area contributed by atoms with E-state index in [2.05, 4.69) is 5.32 Å². The van der Waals surface area contributed by atoms with Gasteiger partial charge in [-0.25, -0.2) is 0 Å². The van der Waals surface area contributed by atoms with Crippen molar-refractivity contribution in [2.24, 2.45) is 0 Å². The van der Waals surface area contributed by atoms with E-state index in [1.165, 1.54) is 0 Å². The van der Waals surface area contributed by atoms with Gasteiger partial charge in [-0.2, -0.15) is 0 Å². The predicted molar refractivity (Wildman–Crippen MR) is 87.5 cm³/mol. The molecule has 2 aromatic carbocycles. The van der Waals surface area contributed by atoms with Gasteiger partial charge in [0.25, 0.3) is 5.91 Å². The molecule has 0 heterocycles. The summed E-state index contributed by atoms with van der Waals surface area (Å²) in [4.78, 5) is 12.1. The summed E-state index contributed by atoms with van der Waals surface area (Å²) in [6.45, 7) is 2.40. The fraction of sp³-hybridized carbons (Fsp3) is 0.278. The van der Waals surface area contributed by atoms with Crippen LogP contribution >= 0.6 is 11.6 Å². The van der Waals surface area contributed by atoms with Crippen molar-refractivity contribution in [2.45, 2.75) is 32.4 Å². The molecule has 1 saturated carbocycles. The largest absolute Gasteiger partial charge is 0.489 e. The van der Waals surface area contributed by atoms with E-state index in [0.29, 0.717) is 23.2 Å². The summed E-state index contributed by atoms with van der Waals surface area (Å²) in [6.07, 6.45) is 2.18. The van der Waals surface area contributed by atoms with Crippen LogP contribution in [0.15, 0.2) is 42.5 Å². The number of benzene rings is 2. The number of nitrogens with one attached hydrogen (secondary N) is 1. The van der Waals surface area contributed by atoms with Gasteiger partial charge in [0.2, 0.25) is 0 Å².